The summed E-state index contributed by atoms with van der Waals surface area (Å²) < 4.78 is 0. The molecule has 96 valence electrons. The number of nitrogens with one attached hydrogen (secondary N) is 1. The highest BCUT2D eigenvalue weighted by Crippen LogP contribution is 2.15. The van der Waals surface area contributed by atoms with E-state index >= 15 is 0 Å². The van der Waals surface area contributed by atoms with E-state index in [4.69, 9.17) is 5.73 Å². The van der Waals surface area contributed by atoms with Gasteiger partial charge in [0.25, 0.3) is 0 Å². The molecule has 0 fully saturated rings. The van der Waals surface area contributed by atoms with Crippen LogP contribution in [0, 0.1) is 0 Å². The fraction of sp³-hybridized carbons (Fsp3) is 0.400. The summed E-state index contributed by atoms with van der Waals surface area (Å²) in [5, 5.41) is 5.95. The van der Waals surface area contributed by atoms with Crippen LogP contribution in [-0.4, -0.2) is 18.1 Å². The van der Waals surface area contributed by atoms with Gasteiger partial charge in [0.15, 0.2) is 0 Å². The molecule has 1 aromatic heterocycles. The maximum absolute atomic E-state index is 5.47. The normalized spacial score (nSPS) is 10.9. The van der Waals surface area contributed by atoms with Gasteiger partial charge in [-0.15, -0.1) is 0 Å². The monoisotopic (exact) mass is 243 g/mol. The van der Waals surface area contributed by atoms with Gasteiger partial charge in [0.2, 0.25) is 0 Å². The zero-order chi connectivity index (χ0) is 12.6. The molecule has 3 nitrogen and oxygen atoms in total. The average molecular weight is 243 g/mol. The molecule has 1 aromatic carbocycles. The molecule has 2 aromatic rings. The van der Waals surface area contributed by atoms with Crippen molar-refractivity contribution in [1.29, 1.82) is 0 Å². The van der Waals surface area contributed by atoms with Crippen molar-refractivity contribution >= 4 is 10.8 Å². The molecule has 0 unspecified atom stereocenters. The number of nitrogens with two attached hydrogens (primary N) is 1. The lowest BCUT2D eigenvalue weighted by Gasteiger charge is -2.07. The molecule has 3 N–H and O–H groups in total. The average Bonchev–Trinajstić information content (AvgIpc) is 2.43. The number of aromatic nitrogens is 1. The molecule has 0 aliphatic rings. The molecule has 1 heterocycles. The largest absolute Gasteiger partial charge is 0.330 e. The number of nitrogens with zero attached hydrogens (tertiary/aromatic N) is 1. The molecule has 0 bridgehead atoms. The summed E-state index contributed by atoms with van der Waals surface area (Å²) in [6, 6.07) is 10.4. The fourth-order valence-electron chi connectivity index (χ4n) is 2.10. The van der Waals surface area contributed by atoms with E-state index in [2.05, 4.69) is 40.6 Å². The van der Waals surface area contributed by atoms with E-state index in [9.17, 15) is 0 Å². The molecule has 0 aliphatic heterocycles. The van der Waals surface area contributed by atoms with Crippen molar-refractivity contribution in [2.24, 2.45) is 5.73 Å². The topological polar surface area (TPSA) is 50.9 Å². The van der Waals surface area contributed by atoms with Crippen LogP contribution in [0.15, 0.2) is 36.5 Å². The summed E-state index contributed by atoms with van der Waals surface area (Å²) in [4.78, 5) is 4.46. The van der Waals surface area contributed by atoms with E-state index < -0.39 is 0 Å². The summed E-state index contributed by atoms with van der Waals surface area (Å²) in [7, 11) is 0. The molecule has 0 radical (unpaired) electrons. The molecule has 2 rings (SSSR count). The zero-order valence-electron chi connectivity index (χ0n) is 10.7. The molecular weight excluding hydrogens is 222 g/mol. The minimum Gasteiger partial charge on any atom is -0.330 e. The van der Waals surface area contributed by atoms with Crippen molar-refractivity contribution in [2.75, 3.05) is 13.1 Å². The quantitative estimate of drug-likeness (QED) is 0.734. The highest BCUT2D eigenvalue weighted by atomic mass is 14.9. The first kappa shape index (κ1) is 13.0. The van der Waals surface area contributed by atoms with Crippen molar-refractivity contribution in [1.82, 2.24) is 10.3 Å². The van der Waals surface area contributed by atoms with Crippen LogP contribution in [0.4, 0.5) is 0 Å². The second-order valence-electron chi connectivity index (χ2n) is 4.50. The predicted molar refractivity (Wildman–Crippen MR) is 76.4 cm³/mol. The van der Waals surface area contributed by atoms with Crippen LogP contribution >= 0.6 is 0 Å². The highest BCUT2D eigenvalue weighted by Gasteiger charge is 2.00. The van der Waals surface area contributed by atoms with E-state index in [0.29, 0.717) is 0 Å². The molecule has 18 heavy (non-hydrogen) atoms. The second-order valence-corrected chi connectivity index (χ2v) is 4.50. The number of fused-ring (bicyclic) bond motifs is 1. The maximum Gasteiger partial charge on any atom is 0.0619 e. The lowest BCUT2D eigenvalue weighted by Crippen LogP contribution is -2.16. The standard InChI is InChI=1S/C15H21N3/c16-9-4-1-5-10-17-12-15-14-7-3-2-6-13(14)8-11-18-15/h2-3,6-8,11,17H,1,4-5,9-10,12,16H2. The summed E-state index contributed by atoms with van der Waals surface area (Å²) in [5.41, 5.74) is 6.60. The molecule has 0 spiro atoms. The summed E-state index contributed by atoms with van der Waals surface area (Å²) in [6.07, 6.45) is 5.39. The first-order valence-electron chi connectivity index (χ1n) is 6.65. The van der Waals surface area contributed by atoms with Gasteiger partial charge in [0.05, 0.1) is 5.69 Å². The Morgan fingerprint density at radius 3 is 2.83 bits per heavy atom. The zero-order valence-corrected chi connectivity index (χ0v) is 10.7. The van der Waals surface area contributed by atoms with Crippen LogP contribution in [0.1, 0.15) is 25.0 Å². The number of rotatable bonds is 7. The summed E-state index contributed by atoms with van der Waals surface area (Å²) >= 11 is 0. The van der Waals surface area contributed by atoms with Crippen molar-refractivity contribution in [3.63, 3.8) is 0 Å². The molecule has 0 atom stereocenters. The van der Waals surface area contributed by atoms with E-state index in [-0.39, 0.29) is 0 Å². The SMILES string of the molecule is NCCCCCNCc1nccc2ccccc12. The van der Waals surface area contributed by atoms with E-state index in [1.807, 2.05) is 6.20 Å². The summed E-state index contributed by atoms with van der Waals surface area (Å²) in [5.74, 6) is 0. The van der Waals surface area contributed by atoms with Crippen molar-refractivity contribution in [2.45, 2.75) is 25.8 Å². The van der Waals surface area contributed by atoms with Gasteiger partial charge in [0, 0.05) is 18.1 Å². The third-order valence-corrected chi connectivity index (χ3v) is 3.11. The first-order valence-corrected chi connectivity index (χ1v) is 6.65. The molecule has 0 aliphatic carbocycles. The Balaban J connectivity index is 1.88. The van der Waals surface area contributed by atoms with Gasteiger partial charge in [-0.3, -0.25) is 4.98 Å². The molecule has 0 saturated heterocycles. The highest BCUT2D eigenvalue weighted by molar-refractivity contribution is 5.84. The number of unbranched alkanes of at least 4 members (excludes halogenated alkanes) is 2. The van der Waals surface area contributed by atoms with Crippen molar-refractivity contribution in [3.05, 3.63) is 42.2 Å². The Labute approximate surface area is 108 Å². The Hall–Kier alpha value is -1.45. The van der Waals surface area contributed by atoms with Gasteiger partial charge in [-0.1, -0.05) is 30.7 Å². The fourth-order valence-corrected chi connectivity index (χ4v) is 2.10. The maximum atomic E-state index is 5.47. The second kappa shape index (κ2) is 7.09. The van der Waals surface area contributed by atoms with E-state index in [1.165, 1.54) is 23.6 Å². The van der Waals surface area contributed by atoms with Crippen LogP contribution in [0.25, 0.3) is 10.8 Å². The van der Waals surface area contributed by atoms with Crippen molar-refractivity contribution in [3.8, 4) is 0 Å². The number of benzene rings is 1. The Bertz CT molecular complexity index is 477. The summed E-state index contributed by atoms with van der Waals surface area (Å²) in [6.45, 7) is 2.67. The Morgan fingerprint density at radius 1 is 1.06 bits per heavy atom. The molecular formula is C15H21N3. The van der Waals surface area contributed by atoms with E-state index in [1.54, 1.807) is 0 Å². The van der Waals surface area contributed by atoms with Gasteiger partial charge < -0.3 is 11.1 Å². The van der Waals surface area contributed by atoms with Crippen LogP contribution in [0.2, 0.25) is 0 Å². The van der Waals surface area contributed by atoms with Crippen LogP contribution in [-0.2, 0) is 6.54 Å². The third-order valence-electron chi connectivity index (χ3n) is 3.11. The minimum absolute atomic E-state index is 0.797. The van der Waals surface area contributed by atoms with Gasteiger partial charge in [-0.2, -0.15) is 0 Å². The van der Waals surface area contributed by atoms with Gasteiger partial charge in [-0.05, 0) is 37.4 Å². The first-order chi connectivity index (χ1) is 8.92. The van der Waals surface area contributed by atoms with Gasteiger partial charge in [0.1, 0.15) is 0 Å². The van der Waals surface area contributed by atoms with Crippen LogP contribution in [0.3, 0.4) is 0 Å². The van der Waals surface area contributed by atoms with Gasteiger partial charge >= 0.3 is 0 Å². The van der Waals surface area contributed by atoms with Crippen LogP contribution in [0.5, 0.6) is 0 Å². The number of hydrogen-bond donors (Lipinski definition) is 2. The van der Waals surface area contributed by atoms with Crippen LogP contribution < -0.4 is 11.1 Å². The van der Waals surface area contributed by atoms with E-state index in [0.717, 1.165) is 31.7 Å². The predicted octanol–water partition coefficient (Wildman–Crippen LogP) is 2.45. The molecule has 0 amide bonds. The number of hydrogen-bond acceptors (Lipinski definition) is 3. The van der Waals surface area contributed by atoms with Crippen molar-refractivity contribution < 1.29 is 0 Å². The third kappa shape index (κ3) is 3.52. The Morgan fingerprint density at radius 2 is 1.94 bits per heavy atom. The Kier molecular flexibility index (Phi) is 5.12. The molecule has 3 heteroatoms. The molecule has 0 saturated carbocycles. The minimum atomic E-state index is 0.797. The smallest absolute Gasteiger partial charge is 0.0619 e. The van der Waals surface area contributed by atoms with Gasteiger partial charge in [-0.25, -0.2) is 0 Å². The number of pyridine rings is 1. The lowest BCUT2D eigenvalue weighted by molar-refractivity contribution is 0.603. The lowest BCUT2D eigenvalue weighted by atomic mass is 10.1.